The van der Waals surface area contributed by atoms with Gasteiger partial charge in [-0.3, -0.25) is 4.90 Å². The first kappa shape index (κ1) is 11.8. The summed E-state index contributed by atoms with van der Waals surface area (Å²) in [6, 6.07) is 0.732. The fourth-order valence-corrected chi connectivity index (χ4v) is 2.29. The maximum Gasteiger partial charge on any atom is 0.210 e. The molecule has 0 aromatic rings. The van der Waals surface area contributed by atoms with Crippen LogP contribution in [-0.2, 0) is 4.79 Å². The molecule has 0 aromatic carbocycles. The first-order valence-electron chi connectivity index (χ1n) is 5.80. The number of hydrogen-bond acceptors (Lipinski definition) is 2. The second-order valence-electron chi connectivity index (χ2n) is 5.05. The minimum absolute atomic E-state index is 0.220. The number of carbonyl (C=O) groups excluding carboxylic acids is 1. The third-order valence-corrected chi connectivity index (χ3v) is 2.94. The van der Waals surface area contributed by atoms with Crippen LogP contribution in [-0.4, -0.2) is 36.5 Å². The van der Waals surface area contributed by atoms with Crippen molar-refractivity contribution < 1.29 is 4.79 Å². The summed E-state index contributed by atoms with van der Waals surface area (Å²) in [5.74, 6) is 0.497. The van der Waals surface area contributed by atoms with Gasteiger partial charge < -0.3 is 4.79 Å². The Labute approximate surface area is 88.3 Å². The van der Waals surface area contributed by atoms with Crippen LogP contribution in [0.5, 0.6) is 0 Å². The Kier molecular flexibility index (Phi) is 4.18. The highest BCUT2D eigenvalue weighted by Crippen LogP contribution is 2.21. The summed E-state index contributed by atoms with van der Waals surface area (Å²) in [4.78, 5) is 14.3. The predicted octanol–water partition coefficient (Wildman–Crippen LogP) is 1.65. The minimum atomic E-state index is 0.220. The quantitative estimate of drug-likeness (QED) is 0.635. The fraction of sp³-hybridized carbons (Fsp3) is 0.909. The molecule has 0 radical (unpaired) electrons. The molecule has 1 rings (SSSR count). The fourth-order valence-electron chi connectivity index (χ4n) is 2.29. The molecule has 0 saturated carbocycles. The van der Waals surface area contributed by atoms with E-state index in [0.717, 1.165) is 20.2 Å². The zero-order valence-electron chi connectivity index (χ0n) is 9.92. The Morgan fingerprint density at radius 1 is 1.36 bits per heavy atom. The molecule has 1 atom stereocenters. The Morgan fingerprint density at radius 2 is 2.00 bits per heavy atom. The van der Waals surface area contributed by atoms with E-state index in [4.69, 9.17) is 0 Å². The SMILES string of the molecule is CC(C)BC(=O)C1CCCN1C(C)C. The van der Waals surface area contributed by atoms with E-state index in [1.165, 1.54) is 6.42 Å². The van der Waals surface area contributed by atoms with Crippen molar-refractivity contribution in [3.63, 3.8) is 0 Å². The number of rotatable bonds is 4. The second-order valence-corrected chi connectivity index (χ2v) is 5.05. The highest BCUT2D eigenvalue weighted by Gasteiger charge is 2.31. The highest BCUT2D eigenvalue weighted by molar-refractivity contribution is 6.75. The average Bonchev–Trinajstić information content (AvgIpc) is 2.49. The first-order valence-corrected chi connectivity index (χ1v) is 5.80. The second kappa shape index (κ2) is 4.97. The molecule has 0 spiro atoms. The lowest BCUT2D eigenvalue weighted by atomic mass is 9.60. The summed E-state index contributed by atoms with van der Waals surface area (Å²) in [5.41, 5.74) is 0.450. The molecule has 1 saturated heterocycles. The number of carbonyl (C=O) groups is 1. The monoisotopic (exact) mass is 195 g/mol. The van der Waals surface area contributed by atoms with E-state index >= 15 is 0 Å². The van der Waals surface area contributed by atoms with Crippen molar-refractivity contribution in [2.24, 2.45) is 0 Å². The van der Waals surface area contributed by atoms with Crippen molar-refractivity contribution in [2.45, 2.75) is 58.4 Å². The molecule has 1 fully saturated rings. The molecule has 0 N–H and O–H groups in total. The molecule has 14 heavy (non-hydrogen) atoms. The van der Waals surface area contributed by atoms with Crippen molar-refractivity contribution in [1.29, 1.82) is 0 Å². The molecular weight excluding hydrogens is 173 g/mol. The molecule has 0 aliphatic carbocycles. The Morgan fingerprint density at radius 3 is 2.50 bits per heavy atom. The summed E-state index contributed by atoms with van der Waals surface area (Å²) in [7, 11) is 0.744. The van der Waals surface area contributed by atoms with Crippen LogP contribution in [0.4, 0.5) is 0 Å². The van der Waals surface area contributed by atoms with Crippen molar-refractivity contribution in [1.82, 2.24) is 4.90 Å². The average molecular weight is 195 g/mol. The largest absolute Gasteiger partial charge is 0.310 e. The van der Waals surface area contributed by atoms with Crippen molar-refractivity contribution in [2.75, 3.05) is 6.54 Å². The maximum atomic E-state index is 11.9. The maximum absolute atomic E-state index is 11.9. The van der Waals surface area contributed by atoms with E-state index in [0.29, 0.717) is 17.5 Å². The third-order valence-electron chi connectivity index (χ3n) is 2.94. The zero-order valence-corrected chi connectivity index (χ0v) is 9.92. The van der Waals surface area contributed by atoms with E-state index in [1.807, 2.05) is 0 Å². The number of hydrogen-bond donors (Lipinski definition) is 0. The summed E-state index contributed by atoms with van der Waals surface area (Å²) in [6.45, 7) is 9.70. The lowest BCUT2D eigenvalue weighted by Crippen LogP contribution is -2.42. The van der Waals surface area contributed by atoms with Gasteiger partial charge in [-0.2, -0.15) is 0 Å². The van der Waals surface area contributed by atoms with Gasteiger partial charge in [-0.05, 0) is 33.2 Å². The van der Waals surface area contributed by atoms with Gasteiger partial charge in [0.15, 0.2) is 0 Å². The van der Waals surface area contributed by atoms with Crippen LogP contribution in [0, 0.1) is 0 Å². The smallest absolute Gasteiger partial charge is 0.210 e. The third kappa shape index (κ3) is 2.84. The summed E-state index contributed by atoms with van der Waals surface area (Å²) in [5, 5.41) is 0. The molecule has 2 nitrogen and oxygen atoms in total. The van der Waals surface area contributed by atoms with E-state index in [1.54, 1.807) is 0 Å². The molecule has 1 aliphatic rings. The zero-order chi connectivity index (χ0) is 10.7. The van der Waals surface area contributed by atoms with Gasteiger partial charge >= 0.3 is 0 Å². The van der Waals surface area contributed by atoms with E-state index in [9.17, 15) is 4.79 Å². The predicted molar refractivity (Wildman–Crippen MR) is 62.1 cm³/mol. The lowest BCUT2D eigenvalue weighted by Gasteiger charge is -2.27. The molecule has 0 amide bonds. The van der Waals surface area contributed by atoms with Gasteiger partial charge in [0.05, 0.1) is 6.04 Å². The normalized spacial score (nSPS) is 23.4. The topological polar surface area (TPSA) is 20.3 Å². The van der Waals surface area contributed by atoms with Crippen LogP contribution < -0.4 is 0 Å². The van der Waals surface area contributed by atoms with Crippen molar-refractivity contribution >= 4 is 13.0 Å². The summed E-state index contributed by atoms with van der Waals surface area (Å²) < 4.78 is 0. The Bertz CT molecular complexity index is 203. The number of likely N-dealkylation sites (tertiary alicyclic amines) is 1. The molecular formula is C11H22BNO. The van der Waals surface area contributed by atoms with E-state index in [-0.39, 0.29) is 6.04 Å². The van der Waals surface area contributed by atoms with Crippen molar-refractivity contribution in [3.8, 4) is 0 Å². The van der Waals surface area contributed by atoms with E-state index in [2.05, 4.69) is 32.6 Å². The molecule has 80 valence electrons. The molecule has 1 aliphatic heterocycles. The summed E-state index contributed by atoms with van der Waals surface area (Å²) >= 11 is 0. The molecule has 1 heterocycles. The van der Waals surface area contributed by atoms with Gasteiger partial charge in [0.1, 0.15) is 5.68 Å². The lowest BCUT2D eigenvalue weighted by molar-refractivity contribution is -0.116. The standard InChI is InChI=1S/C11H22BNO/c1-8(2)12-11(14)10-6-5-7-13(10)9(3)4/h8-10,12H,5-7H2,1-4H3. The molecule has 0 bridgehead atoms. The highest BCUT2D eigenvalue weighted by atomic mass is 16.1. The van der Waals surface area contributed by atoms with Crippen LogP contribution >= 0.6 is 0 Å². The van der Waals surface area contributed by atoms with Crippen LogP contribution in [0.3, 0.4) is 0 Å². The Balaban J connectivity index is 2.53. The van der Waals surface area contributed by atoms with Gasteiger partial charge in [0, 0.05) is 6.04 Å². The van der Waals surface area contributed by atoms with Crippen molar-refractivity contribution in [3.05, 3.63) is 0 Å². The van der Waals surface area contributed by atoms with Crippen LogP contribution in [0.25, 0.3) is 0 Å². The van der Waals surface area contributed by atoms with Crippen LogP contribution in [0.1, 0.15) is 40.5 Å². The first-order chi connectivity index (χ1) is 6.52. The van der Waals surface area contributed by atoms with E-state index < -0.39 is 0 Å². The Hall–Kier alpha value is -0.305. The molecule has 3 heteroatoms. The molecule has 1 unspecified atom stereocenters. The molecule has 0 aromatic heterocycles. The van der Waals surface area contributed by atoms with Gasteiger partial charge in [-0.25, -0.2) is 0 Å². The number of nitrogens with zero attached hydrogens (tertiary/aromatic N) is 1. The van der Waals surface area contributed by atoms with Gasteiger partial charge in [-0.15, -0.1) is 0 Å². The van der Waals surface area contributed by atoms with Gasteiger partial charge in [-0.1, -0.05) is 19.7 Å². The summed E-state index contributed by atoms with van der Waals surface area (Å²) in [6.07, 6.45) is 2.26. The van der Waals surface area contributed by atoms with Crippen LogP contribution in [0.2, 0.25) is 5.82 Å². The van der Waals surface area contributed by atoms with Gasteiger partial charge in [0.2, 0.25) is 7.28 Å². The minimum Gasteiger partial charge on any atom is -0.310 e. The van der Waals surface area contributed by atoms with Crippen LogP contribution in [0.15, 0.2) is 0 Å². The van der Waals surface area contributed by atoms with Gasteiger partial charge in [0.25, 0.3) is 0 Å².